The number of rotatable bonds is 6. The van der Waals surface area contributed by atoms with E-state index in [1.807, 2.05) is 27.0 Å². The molecule has 28 heavy (non-hydrogen) atoms. The molecular formula is C20H30ClN5O2. The van der Waals surface area contributed by atoms with Gasteiger partial charge in [0.15, 0.2) is 5.65 Å². The number of aryl methyl sites for hydroxylation is 1. The van der Waals surface area contributed by atoms with Crippen molar-refractivity contribution in [1.29, 1.82) is 0 Å². The van der Waals surface area contributed by atoms with Gasteiger partial charge >= 0.3 is 0 Å². The number of carbonyl (C=O) groups is 1. The van der Waals surface area contributed by atoms with Crippen LogP contribution in [0, 0.1) is 5.92 Å². The molecule has 7 nitrogen and oxygen atoms in total. The molecule has 3 rings (SSSR count). The molecule has 1 aliphatic heterocycles. The molecule has 8 heteroatoms. The standard InChI is InChI=1S/C20H30ClN5O2/c1-4-14-11-26-17(22)16(21)9-15(18(26)24-14)19(27)23-10-13-5-7-25(8-6-13)12-20(2,3)28/h9,11,13,28H,4-8,10,12,22H2,1-3H3,(H,23,27). The average Bonchev–Trinajstić information content (AvgIpc) is 3.07. The molecule has 1 saturated heterocycles. The van der Waals surface area contributed by atoms with Gasteiger partial charge in [0.1, 0.15) is 5.82 Å². The van der Waals surface area contributed by atoms with Crippen LogP contribution in [0.4, 0.5) is 5.82 Å². The lowest BCUT2D eigenvalue weighted by atomic mass is 9.95. The Morgan fingerprint density at radius 3 is 2.71 bits per heavy atom. The molecule has 1 fully saturated rings. The van der Waals surface area contributed by atoms with Crippen LogP contribution in [0.15, 0.2) is 12.3 Å². The van der Waals surface area contributed by atoms with Gasteiger partial charge in [0.25, 0.3) is 5.91 Å². The highest BCUT2D eigenvalue weighted by Gasteiger charge is 2.25. The number of nitrogens with zero attached hydrogens (tertiary/aromatic N) is 3. The summed E-state index contributed by atoms with van der Waals surface area (Å²) in [5.74, 6) is 0.631. The Hall–Kier alpha value is -1.83. The number of likely N-dealkylation sites (tertiary alicyclic amines) is 1. The van der Waals surface area contributed by atoms with Crippen LogP contribution in [-0.4, -0.2) is 57.1 Å². The first kappa shape index (κ1) is 20.9. The number of piperidine rings is 1. The Balaban J connectivity index is 1.63. The van der Waals surface area contributed by atoms with Crippen molar-refractivity contribution in [1.82, 2.24) is 19.6 Å². The lowest BCUT2D eigenvalue weighted by Gasteiger charge is -2.35. The maximum Gasteiger partial charge on any atom is 0.255 e. The van der Waals surface area contributed by atoms with Crippen LogP contribution in [0.3, 0.4) is 0 Å². The van der Waals surface area contributed by atoms with E-state index in [0.29, 0.717) is 41.1 Å². The molecule has 0 unspecified atom stereocenters. The van der Waals surface area contributed by atoms with Crippen LogP contribution in [0.5, 0.6) is 0 Å². The van der Waals surface area contributed by atoms with E-state index >= 15 is 0 Å². The van der Waals surface area contributed by atoms with Crippen molar-refractivity contribution in [3.63, 3.8) is 0 Å². The monoisotopic (exact) mass is 407 g/mol. The molecule has 0 aromatic carbocycles. The molecule has 0 bridgehead atoms. The van der Waals surface area contributed by atoms with Crippen LogP contribution >= 0.6 is 11.6 Å². The van der Waals surface area contributed by atoms with Gasteiger partial charge in [0.05, 0.1) is 21.9 Å². The largest absolute Gasteiger partial charge is 0.389 e. The van der Waals surface area contributed by atoms with Gasteiger partial charge in [-0.2, -0.15) is 0 Å². The van der Waals surface area contributed by atoms with Crippen molar-refractivity contribution < 1.29 is 9.90 Å². The van der Waals surface area contributed by atoms with Crippen molar-refractivity contribution in [3.8, 4) is 0 Å². The minimum Gasteiger partial charge on any atom is -0.389 e. The topological polar surface area (TPSA) is 95.9 Å². The normalized spacial score (nSPS) is 16.6. The second kappa shape index (κ2) is 8.27. The molecule has 1 amide bonds. The lowest BCUT2D eigenvalue weighted by Crippen LogP contribution is -2.44. The van der Waals surface area contributed by atoms with Crippen LogP contribution in [0.25, 0.3) is 5.65 Å². The summed E-state index contributed by atoms with van der Waals surface area (Å²) in [6.07, 6.45) is 4.57. The van der Waals surface area contributed by atoms with Crippen molar-refractivity contribution in [2.24, 2.45) is 5.92 Å². The summed E-state index contributed by atoms with van der Waals surface area (Å²) >= 11 is 6.23. The molecule has 2 aromatic rings. The second-order valence-electron chi connectivity index (χ2n) is 8.31. The maximum absolute atomic E-state index is 12.8. The second-order valence-corrected chi connectivity index (χ2v) is 8.72. The highest BCUT2D eigenvalue weighted by atomic mass is 35.5. The fourth-order valence-electron chi connectivity index (χ4n) is 3.75. The van der Waals surface area contributed by atoms with E-state index in [9.17, 15) is 9.90 Å². The van der Waals surface area contributed by atoms with Gasteiger partial charge in [-0.05, 0) is 58.2 Å². The third-order valence-electron chi connectivity index (χ3n) is 5.25. The van der Waals surface area contributed by atoms with Crippen LogP contribution in [0.1, 0.15) is 49.7 Å². The minimum absolute atomic E-state index is 0.181. The Morgan fingerprint density at radius 2 is 2.11 bits per heavy atom. The molecule has 2 aromatic heterocycles. The zero-order valence-electron chi connectivity index (χ0n) is 16.8. The quantitative estimate of drug-likeness (QED) is 0.683. The van der Waals surface area contributed by atoms with Crippen molar-refractivity contribution in [2.45, 2.75) is 45.6 Å². The van der Waals surface area contributed by atoms with Crippen LogP contribution in [-0.2, 0) is 6.42 Å². The lowest BCUT2D eigenvalue weighted by molar-refractivity contribution is 0.0245. The number of imidazole rings is 1. The molecule has 0 atom stereocenters. The number of fused-ring (bicyclic) bond motifs is 1. The number of nitrogens with two attached hydrogens (primary N) is 1. The molecule has 0 radical (unpaired) electrons. The molecule has 1 aliphatic rings. The molecular weight excluding hydrogens is 378 g/mol. The van der Waals surface area contributed by atoms with E-state index in [1.165, 1.54) is 0 Å². The number of hydrogen-bond acceptors (Lipinski definition) is 5. The summed E-state index contributed by atoms with van der Waals surface area (Å²) in [7, 11) is 0. The summed E-state index contributed by atoms with van der Waals surface area (Å²) in [5.41, 5.74) is 7.21. The van der Waals surface area contributed by atoms with Crippen molar-refractivity contribution in [3.05, 3.63) is 28.5 Å². The molecule has 0 saturated carbocycles. The van der Waals surface area contributed by atoms with E-state index in [0.717, 1.165) is 38.0 Å². The molecule has 4 N–H and O–H groups in total. The first-order chi connectivity index (χ1) is 13.2. The molecule has 3 heterocycles. The van der Waals surface area contributed by atoms with Gasteiger partial charge in [-0.15, -0.1) is 0 Å². The van der Waals surface area contributed by atoms with Gasteiger partial charge in [-0.1, -0.05) is 18.5 Å². The summed E-state index contributed by atoms with van der Waals surface area (Å²) in [6, 6.07) is 1.60. The number of pyridine rings is 1. The predicted octanol–water partition coefficient (Wildman–Crippen LogP) is 2.35. The Labute approximate surface area is 170 Å². The predicted molar refractivity (Wildman–Crippen MR) is 112 cm³/mol. The van der Waals surface area contributed by atoms with Crippen LogP contribution < -0.4 is 11.1 Å². The molecule has 0 spiro atoms. The van der Waals surface area contributed by atoms with Crippen LogP contribution in [0.2, 0.25) is 5.02 Å². The van der Waals surface area contributed by atoms with E-state index < -0.39 is 5.60 Å². The first-order valence-electron chi connectivity index (χ1n) is 9.87. The number of nitrogen functional groups attached to an aromatic ring is 1. The number of halogens is 1. The fraction of sp³-hybridized carbons (Fsp3) is 0.600. The highest BCUT2D eigenvalue weighted by Crippen LogP contribution is 2.25. The number of anilines is 1. The Bertz CT molecular complexity index is 850. The van der Waals surface area contributed by atoms with Gasteiger partial charge in [0, 0.05) is 19.3 Å². The highest BCUT2D eigenvalue weighted by molar-refractivity contribution is 6.33. The smallest absolute Gasteiger partial charge is 0.255 e. The van der Waals surface area contributed by atoms with Gasteiger partial charge < -0.3 is 21.1 Å². The summed E-state index contributed by atoms with van der Waals surface area (Å²) in [5, 5.41) is 13.3. The zero-order chi connectivity index (χ0) is 20.5. The van der Waals surface area contributed by atoms with E-state index in [-0.39, 0.29) is 5.91 Å². The number of aliphatic hydroxyl groups is 1. The van der Waals surface area contributed by atoms with Crippen molar-refractivity contribution >= 4 is 29.0 Å². The third kappa shape index (κ3) is 4.77. The first-order valence-corrected chi connectivity index (χ1v) is 10.2. The number of β-amino-alcohol motifs (C(OH)–C–C–N with tert-alkyl or cyclic N) is 1. The molecule has 0 aliphatic carbocycles. The SMILES string of the molecule is CCc1cn2c(N)c(Cl)cc(C(=O)NCC3CCN(CC(C)(C)O)CC3)c2n1. The Morgan fingerprint density at radius 1 is 1.43 bits per heavy atom. The number of hydrogen-bond donors (Lipinski definition) is 3. The Kier molecular flexibility index (Phi) is 6.17. The number of carbonyl (C=O) groups excluding carboxylic acids is 1. The maximum atomic E-state index is 12.8. The summed E-state index contributed by atoms with van der Waals surface area (Å²) < 4.78 is 1.69. The van der Waals surface area contributed by atoms with Gasteiger partial charge in [-0.25, -0.2) is 4.98 Å². The number of aromatic nitrogens is 2. The summed E-state index contributed by atoms with van der Waals surface area (Å²) in [6.45, 7) is 8.82. The minimum atomic E-state index is -0.678. The fourth-order valence-corrected chi connectivity index (χ4v) is 3.95. The number of amides is 1. The zero-order valence-corrected chi connectivity index (χ0v) is 17.6. The van der Waals surface area contributed by atoms with Gasteiger partial charge in [-0.3, -0.25) is 9.20 Å². The van der Waals surface area contributed by atoms with E-state index in [2.05, 4.69) is 15.2 Å². The third-order valence-corrected chi connectivity index (χ3v) is 5.55. The van der Waals surface area contributed by atoms with Gasteiger partial charge in [0.2, 0.25) is 0 Å². The average molecular weight is 408 g/mol. The van der Waals surface area contributed by atoms with E-state index in [4.69, 9.17) is 17.3 Å². The van der Waals surface area contributed by atoms with E-state index in [1.54, 1.807) is 10.5 Å². The van der Waals surface area contributed by atoms with Crippen molar-refractivity contribution in [2.75, 3.05) is 31.9 Å². The summed E-state index contributed by atoms with van der Waals surface area (Å²) in [4.78, 5) is 19.6. The number of nitrogens with one attached hydrogen (secondary N) is 1. The molecule has 154 valence electrons.